The van der Waals surface area contributed by atoms with Crippen LogP contribution in [0.25, 0.3) is 0 Å². The van der Waals surface area contributed by atoms with Crippen molar-refractivity contribution in [2.45, 2.75) is 6.54 Å². The highest BCUT2D eigenvalue weighted by molar-refractivity contribution is 6.43. The lowest BCUT2D eigenvalue weighted by Crippen LogP contribution is -2.35. The fraction of sp³-hybridized carbons (Fsp3) is 0.188. The number of aromatic nitrogens is 1. The second kappa shape index (κ2) is 7.38. The molecule has 2 aromatic rings. The maximum absolute atomic E-state index is 12.5. The second-order valence-corrected chi connectivity index (χ2v) is 5.60. The molecule has 22 heavy (non-hydrogen) atoms. The zero-order chi connectivity index (χ0) is 16.1. The van der Waals surface area contributed by atoms with Gasteiger partial charge in [-0.15, -0.1) is 6.58 Å². The van der Waals surface area contributed by atoms with Crippen molar-refractivity contribution in [1.29, 1.82) is 0 Å². The van der Waals surface area contributed by atoms with E-state index in [9.17, 15) is 4.79 Å². The summed E-state index contributed by atoms with van der Waals surface area (Å²) in [6.07, 6.45) is 3.62. The molecule has 0 atom stereocenters. The Morgan fingerprint density at radius 1 is 1.36 bits per heavy atom. The van der Waals surface area contributed by atoms with E-state index in [0.29, 0.717) is 28.8 Å². The van der Waals surface area contributed by atoms with Crippen molar-refractivity contribution >= 4 is 34.9 Å². The molecule has 0 aliphatic rings. The number of carbonyl (C=O) groups is 1. The summed E-state index contributed by atoms with van der Waals surface area (Å²) in [6.45, 7) is 4.60. The summed E-state index contributed by atoms with van der Waals surface area (Å²) < 4.78 is 1.97. The minimum atomic E-state index is -0.259. The van der Waals surface area contributed by atoms with Crippen LogP contribution in [-0.4, -0.2) is 22.0 Å². The van der Waals surface area contributed by atoms with Crippen LogP contribution in [0.3, 0.4) is 0 Å². The molecule has 0 fully saturated rings. The molecule has 0 bridgehead atoms. The number of benzene rings is 1. The summed E-state index contributed by atoms with van der Waals surface area (Å²) >= 11 is 12.1. The fourth-order valence-corrected chi connectivity index (χ4v) is 2.37. The van der Waals surface area contributed by atoms with Gasteiger partial charge < -0.3 is 14.8 Å². The Balaban J connectivity index is 2.14. The molecule has 1 N–H and O–H groups in total. The van der Waals surface area contributed by atoms with Gasteiger partial charge in [-0.2, -0.15) is 0 Å². The van der Waals surface area contributed by atoms with Crippen molar-refractivity contribution < 1.29 is 4.79 Å². The third-order valence-electron chi connectivity index (χ3n) is 3.23. The molecule has 0 saturated carbocycles. The van der Waals surface area contributed by atoms with Crippen LogP contribution in [0.2, 0.25) is 10.0 Å². The molecular formula is C16H17Cl2N3O. The monoisotopic (exact) mass is 337 g/mol. The van der Waals surface area contributed by atoms with E-state index in [1.807, 2.05) is 29.9 Å². The fourth-order valence-electron chi connectivity index (χ4n) is 2.03. The molecule has 0 aliphatic carbocycles. The lowest BCUT2D eigenvalue weighted by molar-refractivity contribution is 0.214. The maximum atomic E-state index is 12.5. The van der Waals surface area contributed by atoms with Crippen molar-refractivity contribution in [1.82, 2.24) is 9.47 Å². The summed E-state index contributed by atoms with van der Waals surface area (Å²) in [5, 5.41) is 3.51. The number of hydrogen-bond donors (Lipinski definition) is 1. The van der Waals surface area contributed by atoms with Crippen LogP contribution < -0.4 is 5.32 Å². The van der Waals surface area contributed by atoms with E-state index in [0.717, 1.165) is 5.69 Å². The molecule has 2 amide bonds. The minimum Gasteiger partial charge on any atom is -0.353 e. The number of rotatable bonds is 5. The first kappa shape index (κ1) is 16.5. The summed E-state index contributed by atoms with van der Waals surface area (Å²) in [5.74, 6) is 0. The number of nitrogens with zero attached hydrogens (tertiary/aromatic N) is 2. The number of urea groups is 1. The molecule has 0 spiro atoms. The number of hydrogen-bond acceptors (Lipinski definition) is 1. The Morgan fingerprint density at radius 3 is 2.77 bits per heavy atom. The molecule has 2 rings (SSSR count). The predicted molar refractivity (Wildman–Crippen MR) is 91.5 cm³/mol. The third-order valence-corrected chi connectivity index (χ3v) is 4.05. The highest BCUT2D eigenvalue weighted by atomic mass is 35.5. The predicted octanol–water partition coefficient (Wildman–Crippen LogP) is 4.55. The maximum Gasteiger partial charge on any atom is 0.322 e. The van der Waals surface area contributed by atoms with E-state index in [1.165, 1.54) is 0 Å². The van der Waals surface area contributed by atoms with E-state index >= 15 is 0 Å². The topological polar surface area (TPSA) is 37.3 Å². The number of halogens is 2. The average Bonchev–Trinajstić information content (AvgIpc) is 2.89. The standard InChI is InChI=1S/C16H17Cl2N3O/c1-3-9-21(11-12-6-5-10-20(12)2)16(22)19-14-8-4-7-13(17)15(14)18/h3-8,10H,1,9,11H2,2H3,(H,19,22). The number of nitrogens with one attached hydrogen (secondary N) is 1. The van der Waals surface area contributed by atoms with E-state index < -0.39 is 0 Å². The Morgan fingerprint density at radius 2 is 2.14 bits per heavy atom. The first-order valence-electron chi connectivity index (χ1n) is 6.74. The van der Waals surface area contributed by atoms with Crippen LogP contribution in [0.1, 0.15) is 5.69 Å². The molecular weight excluding hydrogens is 321 g/mol. The molecule has 6 heteroatoms. The summed E-state index contributed by atoms with van der Waals surface area (Å²) in [6, 6.07) is 8.76. The first-order valence-corrected chi connectivity index (χ1v) is 7.49. The van der Waals surface area contributed by atoms with Gasteiger partial charge in [0.2, 0.25) is 0 Å². The van der Waals surface area contributed by atoms with Gasteiger partial charge in [0.25, 0.3) is 0 Å². The zero-order valence-electron chi connectivity index (χ0n) is 12.2. The van der Waals surface area contributed by atoms with Crippen molar-refractivity contribution in [2.75, 3.05) is 11.9 Å². The van der Waals surface area contributed by atoms with Gasteiger partial charge in [0.15, 0.2) is 0 Å². The van der Waals surface area contributed by atoms with Crippen molar-refractivity contribution in [3.8, 4) is 0 Å². The van der Waals surface area contributed by atoms with Gasteiger partial charge >= 0.3 is 6.03 Å². The van der Waals surface area contributed by atoms with Crippen LogP contribution in [0.5, 0.6) is 0 Å². The molecule has 116 valence electrons. The van der Waals surface area contributed by atoms with E-state index in [-0.39, 0.29) is 6.03 Å². The van der Waals surface area contributed by atoms with Crippen molar-refractivity contribution in [3.63, 3.8) is 0 Å². The second-order valence-electron chi connectivity index (χ2n) is 4.81. The summed E-state index contributed by atoms with van der Waals surface area (Å²) in [5.41, 5.74) is 1.51. The quantitative estimate of drug-likeness (QED) is 0.798. The minimum absolute atomic E-state index is 0.259. The van der Waals surface area contributed by atoms with Gasteiger partial charge in [-0.1, -0.05) is 35.3 Å². The van der Waals surface area contributed by atoms with Crippen LogP contribution in [-0.2, 0) is 13.6 Å². The molecule has 1 aromatic heterocycles. The highest BCUT2D eigenvalue weighted by Gasteiger charge is 2.16. The lowest BCUT2D eigenvalue weighted by atomic mass is 10.3. The van der Waals surface area contributed by atoms with Gasteiger partial charge in [0, 0.05) is 25.5 Å². The smallest absolute Gasteiger partial charge is 0.322 e. The molecule has 1 aromatic carbocycles. The normalized spacial score (nSPS) is 10.3. The Hall–Kier alpha value is -1.91. The van der Waals surface area contributed by atoms with Crippen LogP contribution in [0.4, 0.5) is 10.5 Å². The largest absolute Gasteiger partial charge is 0.353 e. The molecule has 1 heterocycles. The van der Waals surface area contributed by atoms with Crippen LogP contribution in [0, 0.1) is 0 Å². The van der Waals surface area contributed by atoms with E-state index in [2.05, 4.69) is 11.9 Å². The Bertz CT molecular complexity index is 682. The molecule has 0 aliphatic heterocycles. The molecule has 0 radical (unpaired) electrons. The Kier molecular flexibility index (Phi) is 5.52. The molecule has 4 nitrogen and oxygen atoms in total. The number of amides is 2. The highest BCUT2D eigenvalue weighted by Crippen LogP contribution is 2.29. The van der Waals surface area contributed by atoms with Crippen molar-refractivity contribution in [3.05, 3.63) is 64.9 Å². The first-order chi connectivity index (χ1) is 10.5. The lowest BCUT2D eigenvalue weighted by Gasteiger charge is -2.22. The zero-order valence-corrected chi connectivity index (χ0v) is 13.7. The Labute approximate surface area is 139 Å². The van der Waals surface area contributed by atoms with E-state index in [4.69, 9.17) is 23.2 Å². The van der Waals surface area contributed by atoms with Gasteiger partial charge in [-0.3, -0.25) is 0 Å². The van der Waals surface area contributed by atoms with Gasteiger partial charge in [-0.25, -0.2) is 4.79 Å². The van der Waals surface area contributed by atoms with Crippen molar-refractivity contribution in [2.24, 2.45) is 7.05 Å². The van der Waals surface area contributed by atoms with Gasteiger partial charge in [0.05, 0.1) is 22.3 Å². The van der Waals surface area contributed by atoms with Gasteiger partial charge in [-0.05, 0) is 24.3 Å². The molecule has 0 unspecified atom stereocenters. The number of anilines is 1. The van der Waals surface area contributed by atoms with E-state index in [1.54, 1.807) is 29.2 Å². The van der Waals surface area contributed by atoms with Gasteiger partial charge in [0.1, 0.15) is 0 Å². The summed E-state index contributed by atoms with van der Waals surface area (Å²) in [4.78, 5) is 14.1. The third kappa shape index (κ3) is 3.84. The SMILES string of the molecule is C=CCN(Cc1cccn1C)C(=O)Nc1cccc(Cl)c1Cl. The number of carbonyl (C=O) groups excluding carboxylic acids is 1. The van der Waals surface area contributed by atoms with Crippen LogP contribution in [0.15, 0.2) is 49.2 Å². The average molecular weight is 338 g/mol. The molecule has 0 saturated heterocycles. The summed E-state index contributed by atoms with van der Waals surface area (Å²) in [7, 11) is 1.94. The number of aryl methyl sites for hydroxylation is 1. The van der Waals surface area contributed by atoms with Crippen LogP contribution >= 0.6 is 23.2 Å².